The molecule has 1 aromatic carbocycles. The summed E-state index contributed by atoms with van der Waals surface area (Å²) in [4.78, 5) is 23.8. The van der Waals surface area contributed by atoms with Gasteiger partial charge in [0.15, 0.2) is 0 Å². The highest BCUT2D eigenvalue weighted by Crippen LogP contribution is 2.51. The van der Waals surface area contributed by atoms with Gasteiger partial charge in [0.25, 0.3) is 0 Å². The number of benzene rings is 1. The molecule has 25 heavy (non-hydrogen) atoms. The van der Waals surface area contributed by atoms with Crippen LogP contribution in [0.2, 0.25) is 0 Å². The van der Waals surface area contributed by atoms with Crippen LogP contribution in [0.5, 0.6) is 11.5 Å². The van der Waals surface area contributed by atoms with E-state index in [0.29, 0.717) is 0 Å². The molecular formula is C19H27NO5. The molecule has 2 N–H and O–H groups in total. The van der Waals surface area contributed by atoms with E-state index in [4.69, 9.17) is 14.6 Å². The highest BCUT2D eigenvalue weighted by molar-refractivity contribution is 5.84. The number of carbonyl (C=O) groups excluding carboxylic acids is 1. The Morgan fingerprint density at radius 2 is 2.00 bits per heavy atom. The Labute approximate surface area is 148 Å². The maximum atomic E-state index is 12.7. The van der Waals surface area contributed by atoms with Crippen LogP contribution in [0.15, 0.2) is 18.2 Å². The van der Waals surface area contributed by atoms with E-state index in [1.54, 1.807) is 21.1 Å². The van der Waals surface area contributed by atoms with E-state index in [1.807, 2.05) is 32.0 Å². The van der Waals surface area contributed by atoms with Gasteiger partial charge < -0.3 is 19.9 Å². The third-order valence-corrected chi connectivity index (χ3v) is 5.17. The zero-order valence-electron chi connectivity index (χ0n) is 15.5. The topological polar surface area (TPSA) is 84.9 Å². The molecule has 138 valence electrons. The maximum absolute atomic E-state index is 12.7. The zero-order chi connectivity index (χ0) is 18.8. The van der Waals surface area contributed by atoms with E-state index >= 15 is 0 Å². The first-order valence-corrected chi connectivity index (χ1v) is 8.47. The summed E-state index contributed by atoms with van der Waals surface area (Å²) in [5, 5.41) is 12.1. The molecule has 0 radical (unpaired) electrons. The van der Waals surface area contributed by atoms with E-state index in [9.17, 15) is 9.59 Å². The van der Waals surface area contributed by atoms with Crippen LogP contribution in [0.3, 0.4) is 0 Å². The summed E-state index contributed by atoms with van der Waals surface area (Å²) in [5.41, 5.74) is 0.181. The van der Waals surface area contributed by atoms with Gasteiger partial charge in [-0.25, -0.2) is 0 Å². The van der Waals surface area contributed by atoms with Gasteiger partial charge in [-0.3, -0.25) is 9.59 Å². The van der Waals surface area contributed by atoms with E-state index in [2.05, 4.69) is 5.32 Å². The van der Waals surface area contributed by atoms with Gasteiger partial charge >= 0.3 is 5.97 Å². The third kappa shape index (κ3) is 4.24. The number of nitrogens with one attached hydrogen (secondary N) is 1. The fraction of sp³-hybridized carbons (Fsp3) is 0.579. The molecule has 6 heteroatoms. The molecule has 2 rings (SSSR count). The molecule has 0 saturated heterocycles. The normalized spacial score (nSPS) is 21.4. The molecule has 0 aliphatic heterocycles. The molecule has 0 spiro atoms. The Balaban J connectivity index is 2.13. The van der Waals surface area contributed by atoms with E-state index in [0.717, 1.165) is 23.5 Å². The Kier molecular flexibility index (Phi) is 5.60. The largest absolute Gasteiger partial charge is 0.497 e. The van der Waals surface area contributed by atoms with E-state index in [-0.39, 0.29) is 30.1 Å². The van der Waals surface area contributed by atoms with Crippen LogP contribution in [-0.4, -0.2) is 36.7 Å². The fourth-order valence-corrected chi connectivity index (χ4v) is 3.04. The highest BCUT2D eigenvalue weighted by atomic mass is 16.5. The lowest BCUT2D eigenvalue weighted by molar-refractivity contribution is -0.139. The summed E-state index contributed by atoms with van der Waals surface area (Å²) in [6.45, 7) is 5.62. The molecule has 3 atom stereocenters. The van der Waals surface area contributed by atoms with Crippen molar-refractivity contribution in [2.45, 2.75) is 45.1 Å². The average molecular weight is 349 g/mol. The van der Waals surface area contributed by atoms with Crippen molar-refractivity contribution in [3.8, 4) is 11.5 Å². The predicted molar refractivity (Wildman–Crippen MR) is 94.0 cm³/mol. The van der Waals surface area contributed by atoms with Crippen molar-refractivity contribution < 1.29 is 24.2 Å². The Morgan fingerprint density at radius 3 is 2.52 bits per heavy atom. The van der Waals surface area contributed by atoms with Crippen molar-refractivity contribution in [3.63, 3.8) is 0 Å². The van der Waals surface area contributed by atoms with Gasteiger partial charge in [-0.2, -0.15) is 0 Å². The standard InChI is InChI=1S/C19H27NO5/c1-11(2)19(3,10-17(21)22)20-18(23)15-9-13(15)14-8-12(24-4)6-7-16(14)25-5/h6-8,11,13,15H,9-10H2,1-5H3,(H,20,23)(H,21,22). The quantitative estimate of drug-likeness (QED) is 0.754. The molecule has 1 saturated carbocycles. The maximum Gasteiger partial charge on any atom is 0.305 e. The van der Waals surface area contributed by atoms with Crippen LogP contribution in [0, 0.1) is 11.8 Å². The van der Waals surface area contributed by atoms with Gasteiger partial charge in [0.1, 0.15) is 11.5 Å². The van der Waals surface area contributed by atoms with Crippen molar-refractivity contribution in [1.82, 2.24) is 5.32 Å². The molecule has 1 amide bonds. The van der Waals surface area contributed by atoms with Crippen LogP contribution in [0.25, 0.3) is 0 Å². The van der Waals surface area contributed by atoms with Crippen molar-refractivity contribution in [3.05, 3.63) is 23.8 Å². The van der Waals surface area contributed by atoms with Gasteiger partial charge in [0.2, 0.25) is 5.91 Å². The Morgan fingerprint density at radius 1 is 1.32 bits per heavy atom. The monoisotopic (exact) mass is 349 g/mol. The number of ether oxygens (including phenoxy) is 2. The second kappa shape index (κ2) is 7.33. The summed E-state index contributed by atoms with van der Waals surface area (Å²) < 4.78 is 10.7. The van der Waals surface area contributed by atoms with Crippen molar-refractivity contribution in [2.75, 3.05) is 14.2 Å². The highest BCUT2D eigenvalue weighted by Gasteiger charge is 2.47. The summed E-state index contributed by atoms with van der Waals surface area (Å²) >= 11 is 0. The molecule has 6 nitrogen and oxygen atoms in total. The minimum Gasteiger partial charge on any atom is -0.497 e. The molecule has 1 aliphatic rings. The molecule has 0 aromatic heterocycles. The molecule has 1 aliphatic carbocycles. The number of amides is 1. The number of hydrogen-bond donors (Lipinski definition) is 2. The van der Waals surface area contributed by atoms with Crippen molar-refractivity contribution in [1.29, 1.82) is 0 Å². The first kappa shape index (κ1) is 19.1. The SMILES string of the molecule is COc1ccc(OC)c(C2CC2C(=O)NC(C)(CC(=O)O)C(C)C)c1. The summed E-state index contributed by atoms with van der Waals surface area (Å²) in [7, 11) is 3.20. The number of rotatable bonds is 8. The number of hydrogen-bond acceptors (Lipinski definition) is 4. The molecular weight excluding hydrogens is 322 g/mol. The smallest absolute Gasteiger partial charge is 0.305 e. The average Bonchev–Trinajstić information content (AvgIpc) is 3.33. The molecule has 0 bridgehead atoms. The van der Waals surface area contributed by atoms with E-state index < -0.39 is 11.5 Å². The fourth-order valence-electron chi connectivity index (χ4n) is 3.04. The molecule has 1 fully saturated rings. The molecule has 3 unspecified atom stereocenters. The molecule has 0 heterocycles. The second-order valence-electron chi connectivity index (χ2n) is 7.19. The first-order valence-electron chi connectivity index (χ1n) is 8.47. The van der Waals surface area contributed by atoms with Gasteiger partial charge in [-0.15, -0.1) is 0 Å². The van der Waals surface area contributed by atoms with Crippen LogP contribution >= 0.6 is 0 Å². The minimum absolute atomic E-state index is 0.0103. The first-order chi connectivity index (χ1) is 11.7. The van der Waals surface area contributed by atoms with Crippen LogP contribution in [-0.2, 0) is 9.59 Å². The van der Waals surface area contributed by atoms with Gasteiger partial charge in [-0.1, -0.05) is 13.8 Å². The van der Waals surface area contributed by atoms with Crippen molar-refractivity contribution in [2.24, 2.45) is 11.8 Å². The Bertz CT molecular complexity index is 657. The van der Waals surface area contributed by atoms with Crippen LogP contribution in [0.1, 0.15) is 45.1 Å². The van der Waals surface area contributed by atoms with Crippen LogP contribution in [0.4, 0.5) is 0 Å². The molecule has 1 aromatic rings. The zero-order valence-corrected chi connectivity index (χ0v) is 15.5. The third-order valence-electron chi connectivity index (χ3n) is 5.17. The lowest BCUT2D eigenvalue weighted by atomic mass is 9.85. The van der Waals surface area contributed by atoms with E-state index in [1.165, 1.54) is 0 Å². The Hall–Kier alpha value is -2.24. The summed E-state index contributed by atoms with van der Waals surface area (Å²) in [6, 6.07) is 5.56. The van der Waals surface area contributed by atoms with Crippen LogP contribution < -0.4 is 14.8 Å². The number of carboxylic acid groups (broad SMARTS) is 1. The van der Waals surface area contributed by atoms with Crippen molar-refractivity contribution >= 4 is 11.9 Å². The predicted octanol–water partition coefficient (Wildman–Crippen LogP) is 2.81. The minimum atomic E-state index is -0.918. The number of aliphatic carboxylic acids is 1. The summed E-state index contributed by atoms with van der Waals surface area (Å²) in [6.07, 6.45) is 0.618. The van der Waals surface area contributed by atoms with Gasteiger partial charge in [-0.05, 0) is 37.5 Å². The number of carboxylic acids is 1. The second-order valence-corrected chi connectivity index (χ2v) is 7.19. The van der Waals surface area contributed by atoms with Gasteiger partial charge in [0.05, 0.1) is 20.6 Å². The summed E-state index contributed by atoms with van der Waals surface area (Å²) in [5.74, 6) is 0.332. The number of carbonyl (C=O) groups is 2. The van der Waals surface area contributed by atoms with Gasteiger partial charge in [0, 0.05) is 22.9 Å². The lowest BCUT2D eigenvalue weighted by Crippen LogP contribution is -2.51. The lowest BCUT2D eigenvalue weighted by Gasteiger charge is -2.33. The number of methoxy groups -OCH3 is 2.